The number of carboxylic acid groups (broad SMARTS) is 1. The Morgan fingerprint density at radius 1 is 1.04 bits per heavy atom. The Bertz CT molecular complexity index is 1770. The molecule has 0 saturated heterocycles. The molecule has 1 N–H and O–H groups in total. The van der Waals surface area contributed by atoms with Crippen molar-refractivity contribution >= 4 is 17.6 Å². The van der Waals surface area contributed by atoms with Gasteiger partial charge in [0, 0.05) is 18.7 Å². The molecule has 14 heteroatoms. The summed E-state index contributed by atoms with van der Waals surface area (Å²) in [6.45, 7) is 1.86. The number of pyridine rings is 1. The number of ether oxygens (including phenoxy) is 2. The van der Waals surface area contributed by atoms with Gasteiger partial charge >= 0.3 is 18.2 Å². The second-order valence-electron chi connectivity index (χ2n) is 10.1. The number of aromatic nitrogens is 3. The first-order chi connectivity index (χ1) is 22.0. The fourth-order valence-electron chi connectivity index (χ4n) is 5.01. The molecule has 240 valence electrons. The third-order valence-electron chi connectivity index (χ3n) is 7.23. The van der Waals surface area contributed by atoms with Crippen molar-refractivity contribution in [1.29, 1.82) is 0 Å². The van der Waals surface area contributed by atoms with Gasteiger partial charge in [-0.2, -0.15) is 18.3 Å². The van der Waals surface area contributed by atoms with Gasteiger partial charge in [-0.1, -0.05) is 42.5 Å². The van der Waals surface area contributed by atoms with E-state index in [2.05, 4.69) is 10.1 Å². The number of nitrogens with zero attached hydrogens (tertiary/aromatic N) is 4. The lowest BCUT2D eigenvalue weighted by molar-refractivity contribution is -0.143. The normalized spacial score (nSPS) is 13.5. The van der Waals surface area contributed by atoms with Crippen molar-refractivity contribution in [3.8, 4) is 22.8 Å². The van der Waals surface area contributed by atoms with E-state index in [1.807, 2.05) is 18.2 Å². The summed E-state index contributed by atoms with van der Waals surface area (Å²) < 4.78 is 81.6. The van der Waals surface area contributed by atoms with E-state index >= 15 is 0 Å². The summed E-state index contributed by atoms with van der Waals surface area (Å²) in [5.74, 6) is -1.71. The van der Waals surface area contributed by atoms with Crippen molar-refractivity contribution in [3.05, 3.63) is 101 Å². The summed E-state index contributed by atoms with van der Waals surface area (Å²) >= 11 is 0. The lowest BCUT2D eigenvalue weighted by Gasteiger charge is -2.24. The van der Waals surface area contributed by atoms with E-state index in [-0.39, 0.29) is 42.6 Å². The molecule has 1 amide bonds. The predicted molar refractivity (Wildman–Crippen MR) is 156 cm³/mol. The molecule has 0 atom stereocenters. The Balaban J connectivity index is 1.44. The van der Waals surface area contributed by atoms with Gasteiger partial charge in [-0.05, 0) is 54.3 Å². The Morgan fingerprint density at radius 2 is 1.78 bits per heavy atom. The van der Waals surface area contributed by atoms with Crippen LogP contribution in [-0.2, 0) is 17.5 Å². The maximum absolute atomic E-state index is 14.1. The minimum atomic E-state index is -5.00. The molecule has 0 bridgehead atoms. The molecule has 0 aliphatic carbocycles. The molecule has 2 aromatic carbocycles. The fourth-order valence-corrected chi connectivity index (χ4v) is 5.01. The molecule has 0 saturated carbocycles. The highest BCUT2D eigenvalue weighted by molar-refractivity contribution is 5.90. The van der Waals surface area contributed by atoms with Crippen LogP contribution >= 0.6 is 0 Å². The SMILES string of the molecule is CCOC(=O)c1cnn(-c2cccc(-c3cccc(C(F)F)c3OCc3ccc(C4=CCN(C(=O)O)CC4)cc3)n2)c1C(F)(F)F. The van der Waals surface area contributed by atoms with Crippen molar-refractivity contribution in [2.24, 2.45) is 0 Å². The highest BCUT2D eigenvalue weighted by atomic mass is 19.4. The number of hydrogen-bond acceptors (Lipinski definition) is 6. The summed E-state index contributed by atoms with van der Waals surface area (Å²) in [6.07, 6.45) is -5.78. The smallest absolute Gasteiger partial charge is 0.434 e. The number of alkyl halides is 5. The van der Waals surface area contributed by atoms with Crippen LogP contribution in [0.15, 0.2) is 72.9 Å². The predicted octanol–water partition coefficient (Wildman–Crippen LogP) is 7.41. The van der Waals surface area contributed by atoms with Crippen LogP contribution in [0, 0.1) is 0 Å². The Kier molecular flexibility index (Phi) is 9.35. The first-order valence-corrected chi connectivity index (χ1v) is 14.1. The second kappa shape index (κ2) is 13.4. The number of amides is 1. The van der Waals surface area contributed by atoms with E-state index in [9.17, 15) is 31.5 Å². The number of para-hydroxylation sites is 1. The molecule has 0 fully saturated rings. The van der Waals surface area contributed by atoms with Crippen LogP contribution in [0.2, 0.25) is 0 Å². The van der Waals surface area contributed by atoms with Gasteiger partial charge in [-0.3, -0.25) is 0 Å². The van der Waals surface area contributed by atoms with Crippen molar-refractivity contribution in [1.82, 2.24) is 19.7 Å². The number of halogens is 5. The lowest BCUT2D eigenvalue weighted by atomic mass is 9.98. The van der Waals surface area contributed by atoms with Crippen LogP contribution < -0.4 is 4.74 Å². The Morgan fingerprint density at radius 3 is 2.41 bits per heavy atom. The van der Waals surface area contributed by atoms with Gasteiger partial charge in [-0.25, -0.2) is 28.0 Å². The largest absolute Gasteiger partial charge is 0.488 e. The van der Waals surface area contributed by atoms with Crippen LogP contribution in [0.5, 0.6) is 5.75 Å². The molecule has 0 radical (unpaired) electrons. The first kappa shape index (κ1) is 32.1. The summed E-state index contributed by atoms with van der Waals surface area (Å²) in [4.78, 5) is 28.9. The molecule has 4 aromatic rings. The zero-order valence-corrected chi connectivity index (χ0v) is 24.3. The molecule has 0 spiro atoms. The van der Waals surface area contributed by atoms with Gasteiger partial charge in [0.2, 0.25) is 0 Å². The van der Waals surface area contributed by atoms with E-state index in [0.717, 1.165) is 17.3 Å². The summed E-state index contributed by atoms with van der Waals surface area (Å²) in [7, 11) is 0. The molecule has 1 aliphatic heterocycles. The number of hydrogen-bond donors (Lipinski definition) is 1. The monoisotopic (exact) mass is 642 g/mol. The molecule has 9 nitrogen and oxygen atoms in total. The van der Waals surface area contributed by atoms with E-state index in [1.54, 1.807) is 12.1 Å². The average molecular weight is 643 g/mol. The molecule has 2 aromatic heterocycles. The van der Waals surface area contributed by atoms with Gasteiger partial charge < -0.3 is 19.5 Å². The van der Waals surface area contributed by atoms with Gasteiger partial charge in [0.25, 0.3) is 6.43 Å². The highest BCUT2D eigenvalue weighted by Crippen LogP contribution is 2.39. The third kappa shape index (κ3) is 6.85. The number of esters is 1. The third-order valence-corrected chi connectivity index (χ3v) is 7.23. The zero-order valence-electron chi connectivity index (χ0n) is 24.3. The van der Waals surface area contributed by atoms with Crippen molar-refractivity contribution < 1.29 is 46.1 Å². The molecule has 3 heterocycles. The van der Waals surface area contributed by atoms with Crippen molar-refractivity contribution in [2.75, 3.05) is 19.7 Å². The average Bonchev–Trinajstić information content (AvgIpc) is 3.51. The van der Waals surface area contributed by atoms with Crippen LogP contribution in [-0.4, -0.2) is 56.5 Å². The highest BCUT2D eigenvalue weighted by Gasteiger charge is 2.41. The van der Waals surface area contributed by atoms with Gasteiger partial charge in [0.1, 0.15) is 17.9 Å². The Labute approximate surface area is 259 Å². The zero-order chi connectivity index (χ0) is 33.0. The summed E-state index contributed by atoms with van der Waals surface area (Å²) in [6, 6.07) is 15.3. The van der Waals surface area contributed by atoms with Crippen LogP contribution in [0.25, 0.3) is 22.6 Å². The van der Waals surface area contributed by atoms with E-state index in [0.29, 0.717) is 23.2 Å². The molecule has 1 aliphatic rings. The molecular formula is C32H27F5N4O5. The van der Waals surface area contributed by atoms with Gasteiger partial charge in [0.05, 0.1) is 24.1 Å². The minimum absolute atomic E-state index is 0.0336. The maximum Gasteiger partial charge on any atom is 0.434 e. The fraction of sp³-hybridized carbons (Fsp3) is 0.250. The number of carbonyl (C=O) groups excluding carboxylic acids is 1. The second-order valence-corrected chi connectivity index (χ2v) is 10.1. The number of rotatable bonds is 9. The molecule has 46 heavy (non-hydrogen) atoms. The van der Waals surface area contributed by atoms with Gasteiger partial charge in [0.15, 0.2) is 11.5 Å². The summed E-state index contributed by atoms with van der Waals surface area (Å²) in [5, 5.41) is 12.9. The maximum atomic E-state index is 14.1. The van der Waals surface area contributed by atoms with Crippen LogP contribution in [0.1, 0.15) is 52.5 Å². The molecule has 0 unspecified atom stereocenters. The number of carbonyl (C=O) groups is 2. The van der Waals surface area contributed by atoms with E-state index in [4.69, 9.17) is 14.6 Å². The number of benzene rings is 2. The molecule has 5 rings (SSSR count). The summed E-state index contributed by atoms with van der Waals surface area (Å²) in [5.41, 5.74) is 0.0637. The quantitative estimate of drug-likeness (QED) is 0.150. The van der Waals surface area contributed by atoms with E-state index < -0.39 is 41.5 Å². The minimum Gasteiger partial charge on any atom is -0.488 e. The van der Waals surface area contributed by atoms with Crippen molar-refractivity contribution in [2.45, 2.75) is 32.6 Å². The van der Waals surface area contributed by atoms with Crippen LogP contribution in [0.3, 0.4) is 0 Å². The Hall–Kier alpha value is -5.27. The van der Waals surface area contributed by atoms with Crippen LogP contribution in [0.4, 0.5) is 26.7 Å². The van der Waals surface area contributed by atoms with Crippen molar-refractivity contribution in [3.63, 3.8) is 0 Å². The standard InChI is InChI=1S/C32H27F5N4O5/c1-2-45-30(42)24-17-38-41(28(24)32(35,36)37)26-8-4-7-25(39-26)22-5-3-6-23(29(33)34)27(22)46-18-19-9-11-20(12-10-19)21-13-15-40(16-14-21)31(43)44/h3-13,17,29H,2,14-16,18H2,1H3,(H,43,44). The first-order valence-electron chi connectivity index (χ1n) is 14.1. The molecular weight excluding hydrogens is 615 g/mol. The lowest BCUT2D eigenvalue weighted by Crippen LogP contribution is -2.33. The topological polar surface area (TPSA) is 107 Å². The van der Waals surface area contributed by atoms with E-state index in [1.165, 1.54) is 48.2 Å². The van der Waals surface area contributed by atoms with Gasteiger partial charge in [-0.15, -0.1) is 0 Å².